The van der Waals surface area contributed by atoms with E-state index in [-0.39, 0.29) is 24.8 Å². The monoisotopic (exact) mass is 264 g/mol. The van der Waals surface area contributed by atoms with Crippen molar-refractivity contribution >= 4 is 11.9 Å². The van der Waals surface area contributed by atoms with Gasteiger partial charge in [0, 0.05) is 19.0 Å². The second-order valence-corrected chi connectivity index (χ2v) is 4.53. The van der Waals surface area contributed by atoms with Crippen molar-refractivity contribution in [3.8, 4) is 0 Å². The third-order valence-electron chi connectivity index (χ3n) is 2.83. The summed E-state index contributed by atoms with van der Waals surface area (Å²) < 4.78 is 0. The number of carboxylic acids is 1. The SMILES string of the molecule is CC[C@H](NC(=O)CCCC(=O)O)c1cc(C)ccn1. The molecule has 19 heavy (non-hydrogen) atoms. The van der Waals surface area contributed by atoms with E-state index in [1.165, 1.54) is 0 Å². The molecule has 0 saturated carbocycles. The number of carbonyl (C=O) groups is 2. The summed E-state index contributed by atoms with van der Waals surface area (Å²) in [6.07, 6.45) is 3.09. The largest absolute Gasteiger partial charge is 0.481 e. The zero-order valence-electron chi connectivity index (χ0n) is 11.3. The molecule has 1 aromatic heterocycles. The van der Waals surface area contributed by atoms with Crippen LogP contribution in [0.1, 0.15) is 49.9 Å². The predicted molar refractivity (Wildman–Crippen MR) is 71.6 cm³/mol. The van der Waals surface area contributed by atoms with Crippen LogP contribution in [0.2, 0.25) is 0 Å². The van der Waals surface area contributed by atoms with Gasteiger partial charge in [-0.05, 0) is 37.5 Å². The van der Waals surface area contributed by atoms with Gasteiger partial charge in [-0.2, -0.15) is 0 Å². The first-order chi connectivity index (χ1) is 9.02. The van der Waals surface area contributed by atoms with Gasteiger partial charge in [-0.3, -0.25) is 14.6 Å². The molecule has 104 valence electrons. The molecule has 1 atom stereocenters. The summed E-state index contributed by atoms with van der Waals surface area (Å²) in [6.45, 7) is 3.96. The molecule has 0 aliphatic heterocycles. The van der Waals surface area contributed by atoms with Crippen LogP contribution in [0, 0.1) is 6.92 Å². The molecule has 0 spiro atoms. The molecular weight excluding hydrogens is 244 g/mol. The first-order valence-electron chi connectivity index (χ1n) is 6.46. The molecule has 0 aromatic carbocycles. The highest BCUT2D eigenvalue weighted by Crippen LogP contribution is 2.15. The highest BCUT2D eigenvalue weighted by molar-refractivity contribution is 5.77. The fourth-order valence-corrected chi connectivity index (χ4v) is 1.80. The fraction of sp³-hybridized carbons (Fsp3) is 0.500. The Bertz CT molecular complexity index is 446. The zero-order chi connectivity index (χ0) is 14.3. The van der Waals surface area contributed by atoms with Crippen molar-refractivity contribution in [2.75, 3.05) is 0 Å². The van der Waals surface area contributed by atoms with Crippen molar-refractivity contribution in [1.82, 2.24) is 10.3 Å². The number of carbonyl (C=O) groups excluding carboxylic acids is 1. The number of pyridine rings is 1. The van der Waals surface area contributed by atoms with E-state index in [1.54, 1.807) is 6.20 Å². The number of nitrogens with zero attached hydrogens (tertiary/aromatic N) is 1. The minimum Gasteiger partial charge on any atom is -0.481 e. The smallest absolute Gasteiger partial charge is 0.303 e. The molecule has 5 heteroatoms. The van der Waals surface area contributed by atoms with Crippen molar-refractivity contribution in [2.45, 2.75) is 45.6 Å². The Kier molecular flexibility index (Phi) is 5.99. The van der Waals surface area contributed by atoms with Crippen LogP contribution in [-0.4, -0.2) is 22.0 Å². The molecule has 1 rings (SSSR count). The van der Waals surface area contributed by atoms with Gasteiger partial charge in [0.05, 0.1) is 11.7 Å². The molecular formula is C14H20N2O3. The molecule has 5 nitrogen and oxygen atoms in total. The molecule has 0 aliphatic rings. The van der Waals surface area contributed by atoms with Gasteiger partial charge < -0.3 is 10.4 Å². The molecule has 0 bridgehead atoms. The minimum atomic E-state index is -0.875. The van der Waals surface area contributed by atoms with Crippen LogP contribution in [0.15, 0.2) is 18.3 Å². The standard InChI is InChI=1S/C14H20N2O3/c1-3-11(12-9-10(2)7-8-15-12)16-13(17)5-4-6-14(18)19/h7-9,11H,3-6H2,1-2H3,(H,16,17)(H,18,19)/t11-/m0/s1. The van der Waals surface area contributed by atoms with E-state index in [0.717, 1.165) is 17.7 Å². The van der Waals surface area contributed by atoms with Gasteiger partial charge in [0.1, 0.15) is 0 Å². The number of hydrogen-bond donors (Lipinski definition) is 2. The highest BCUT2D eigenvalue weighted by Gasteiger charge is 2.14. The minimum absolute atomic E-state index is 0.0207. The Morgan fingerprint density at radius 3 is 2.74 bits per heavy atom. The second kappa shape index (κ2) is 7.51. The van der Waals surface area contributed by atoms with E-state index in [0.29, 0.717) is 6.42 Å². The van der Waals surface area contributed by atoms with Crippen LogP contribution in [0.4, 0.5) is 0 Å². The quantitative estimate of drug-likeness (QED) is 0.791. The van der Waals surface area contributed by atoms with E-state index in [2.05, 4.69) is 10.3 Å². The molecule has 1 aromatic rings. The number of aliphatic carboxylic acids is 1. The first-order valence-corrected chi connectivity index (χ1v) is 6.46. The summed E-state index contributed by atoms with van der Waals surface area (Å²) in [4.78, 5) is 26.4. The normalized spacial score (nSPS) is 11.9. The van der Waals surface area contributed by atoms with Crippen LogP contribution in [0.25, 0.3) is 0 Å². The van der Waals surface area contributed by atoms with Crippen LogP contribution < -0.4 is 5.32 Å². The zero-order valence-corrected chi connectivity index (χ0v) is 11.3. The number of carboxylic acid groups (broad SMARTS) is 1. The molecule has 0 fully saturated rings. The van der Waals surface area contributed by atoms with Crippen molar-refractivity contribution in [3.05, 3.63) is 29.6 Å². The van der Waals surface area contributed by atoms with E-state index in [4.69, 9.17) is 5.11 Å². The van der Waals surface area contributed by atoms with Crippen molar-refractivity contribution in [1.29, 1.82) is 0 Å². The van der Waals surface area contributed by atoms with Gasteiger partial charge in [0.2, 0.25) is 5.91 Å². The summed E-state index contributed by atoms with van der Waals surface area (Å²) in [5, 5.41) is 11.4. The first kappa shape index (κ1) is 15.1. The molecule has 0 saturated heterocycles. The number of amides is 1. The van der Waals surface area contributed by atoms with E-state index in [1.807, 2.05) is 26.0 Å². The van der Waals surface area contributed by atoms with Crippen LogP contribution in [-0.2, 0) is 9.59 Å². The maximum Gasteiger partial charge on any atom is 0.303 e. The highest BCUT2D eigenvalue weighted by atomic mass is 16.4. The summed E-state index contributed by atoms with van der Waals surface area (Å²) in [5.74, 6) is -1.00. The number of aryl methyl sites for hydroxylation is 1. The number of nitrogens with one attached hydrogen (secondary N) is 1. The Morgan fingerprint density at radius 2 is 2.16 bits per heavy atom. The molecule has 2 N–H and O–H groups in total. The molecule has 0 radical (unpaired) electrons. The lowest BCUT2D eigenvalue weighted by Crippen LogP contribution is -2.28. The summed E-state index contributed by atoms with van der Waals surface area (Å²) in [6, 6.07) is 3.74. The van der Waals surface area contributed by atoms with E-state index < -0.39 is 5.97 Å². The Morgan fingerprint density at radius 1 is 1.42 bits per heavy atom. The van der Waals surface area contributed by atoms with E-state index >= 15 is 0 Å². The molecule has 1 amide bonds. The second-order valence-electron chi connectivity index (χ2n) is 4.53. The van der Waals surface area contributed by atoms with E-state index in [9.17, 15) is 9.59 Å². The van der Waals surface area contributed by atoms with Gasteiger partial charge in [-0.25, -0.2) is 0 Å². The number of hydrogen-bond acceptors (Lipinski definition) is 3. The summed E-state index contributed by atoms with van der Waals surface area (Å²) in [7, 11) is 0. The fourth-order valence-electron chi connectivity index (χ4n) is 1.80. The van der Waals surface area contributed by atoms with Crippen molar-refractivity contribution in [2.24, 2.45) is 0 Å². The topological polar surface area (TPSA) is 79.3 Å². The number of rotatable bonds is 7. The van der Waals surface area contributed by atoms with Crippen molar-refractivity contribution < 1.29 is 14.7 Å². The van der Waals surface area contributed by atoms with Gasteiger partial charge in [0.25, 0.3) is 0 Å². The lowest BCUT2D eigenvalue weighted by atomic mass is 10.1. The van der Waals surface area contributed by atoms with Gasteiger partial charge in [-0.15, -0.1) is 0 Å². The lowest BCUT2D eigenvalue weighted by molar-refractivity contribution is -0.137. The average molecular weight is 264 g/mol. The third kappa shape index (κ3) is 5.50. The lowest BCUT2D eigenvalue weighted by Gasteiger charge is -2.16. The van der Waals surface area contributed by atoms with Crippen LogP contribution in [0.5, 0.6) is 0 Å². The Hall–Kier alpha value is -1.91. The summed E-state index contributed by atoms with van der Waals surface area (Å²) >= 11 is 0. The van der Waals surface area contributed by atoms with Gasteiger partial charge in [0.15, 0.2) is 0 Å². The predicted octanol–water partition coefficient (Wildman–Crippen LogP) is 2.21. The van der Waals surface area contributed by atoms with Gasteiger partial charge >= 0.3 is 5.97 Å². The van der Waals surface area contributed by atoms with Crippen molar-refractivity contribution in [3.63, 3.8) is 0 Å². The molecule has 0 unspecified atom stereocenters. The molecule has 1 heterocycles. The maximum atomic E-state index is 11.7. The van der Waals surface area contributed by atoms with Gasteiger partial charge in [-0.1, -0.05) is 6.92 Å². The Labute approximate surface area is 113 Å². The van der Waals surface area contributed by atoms with Crippen LogP contribution in [0.3, 0.4) is 0 Å². The average Bonchev–Trinajstić information content (AvgIpc) is 2.35. The Balaban J connectivity index is 2.52. The number of aromatic nitrogens is 1. The van der Waals surface area contributed by atoms with Crippen LogP contribution >= 0.6 is 0 Å². The third-order valence-corrected chi connectivity index (χ3v) is 2.83. The maximum absolute atomic E-state index is 11.7. The molecule has 0 aliphatic carbocycles. The summed E-state index contributed by atoms with van der Waals surface area (Å²) in [5.41, 5.74) is 1.94.